The number of rotatable bonds is 2. The molecule has 1 aromatic rings. The first-order valence-corrected chi connectivity index (χ1v) is 3.09. The molecular formula is C7H10NO. The molecule has 0 amide bonds. The fourth-order valence-corrected chi connectivity index (χ4v) is 0.662. The van der Waals surface area contributed by atoms with Gasteiger partial charge in [-0.1, -0.05) is 13.8 Å². The van der Waals surface area contributed by atoms with Gasteiger partial charge < -0.3 is 4.42 Å². The first kappa shape index (κ1) is 6.33. The minimum Gasteiger partial charge on any atom is -0.448 e. The van der Waals surface area contributed by atoms with E-state index in [9.17, 15) is 0 Å². The Morgan fingerprint density at radius 2 is 2.56 bits per heavy atom. The molecule has 0 bridgehead atoms. The second-order valence-electron chi connectivity index (χ2n) is 2.47. The van der Waals surface area contributed by atoms with Crippen molar-refractivity contribution in [2.45, 2.75) is 20.3 Å². The molecule has 1 aromatic heterocycles. The molecule has 1 heterocycles. The van der Waals surface area contributed by atoms with Gasteiger partial charge in [0.25, 0.3) is 0 Å². The molecule has 49 valence electrons. The van der Waals surface area contributed by atoms with Crippen LogP contribution in [0.1, 0.15) is 19.7 Å². The van der Waals surface area contributed by atoms with E-state index in [-0.39, 0.29) is 0 Å². The van der Waals surface area contributed by atoms with Crippen molar-refractivity contribution in [3.05, 3.63) is 18.4 Å². The molecule has 0 atom stereocenters. The Morgan fingerprint density at radius 3 is 3.00 bits per heavy atom. The first-order chi connectivity index (χ1) is 4.29. The lowest BCUT2D eigenvalue weighted by Gasteiger charge is -1.96. The predicted molar refractivity (Wildman–Crippen MR) is 33.9 cm³/mol. The average Bonchev–Trinajstić information content (AvgIpc) is 2.15. The zero-order valence-electron chi connectivity index (χ0n) is 5.72. The van der Waals surface area contributed by atoms with E-state index in [1.54, 1.807) is 0 Å². The molecule has 0 aliphatic heterocycles. The topological polar surface area (TPSA) is 26.0 Å². The molecule has 0 aliphatic carbocycles. The van der Waals surface area contributed by atoms with Gasteiger partial charge in [0.2, 0.25) is 0 Å². The normalized spacial score (nSPS) is 10.6. The number of hydrogen-bond donors (Lipinski definition) is 0. The standard InChI is InChI=1S/C7H10NO/c1-6(2)5-7-8-3-4-9-7/h4,6H,5H2,1-2H3. The van der Waals surface area contributed by atoms with Crippen molar-refractivity contribution in [1.82, 2.24) is 4.98 Å². The summed E-state index contributed by atoms with van der Waals surface area (Å²) < 4.78 is 4.98. The highest BCUT2D eigenvalue weighted by atomic mass is 16.3. The van der Waals surface area contributed by atoms with E-state index < -0.39 is 0 Å². The van der Waals surface area contributed by atoms with Crippen LogP contribution in [0.2, 0.25) is 0 Å². The van der Waals surface area contributed by atoms with Crippen LogP contribution in [-0.4, -0.2) is 4.98 Å². The van der Waals surface area contributed by atoms with Crippen LogP contribution in [0.15, 0.2) is 10.7 Å². The third-order valence-corrected chi connectivity index (χ3v) is 1.02. The summed E-state index contributed by atoms with van der Waals surface area (Å²) in [5.74, 6) is 1.39. The molecule has 9 heavy (non-hydrogen) atoms. The summed E-state index contributed by atoms with van der Waals surface area (Å²) >= 11 is 0. The fourth-order valence-electron chi connectivity index (χ4n) is 0.662. The van der Waals surface area contributed by atoms with E-state index in [0.29, 0.717) is 5.92 Å². The van der Waals surface area contributed by atoms with E-state index in [4.69, 9.17) is 4.42 Å². The maximum absolute atomic E-state index is 4.98. The minimum atomic E-state index is 0.608. The van der Waals surface area contributed by atoms with Crippen LogP contribution in [-0.2, 0) is 6.42 Å². The van der Waals surface area contributed by atoms with E-state index in [1.807, 2.05) is 0 Å². The lowest BCUT2D eigenvalue weighted by molar-refractivity contribution is 0.458. The largest absolute Gasteiger partial charge is 0.448 e. The van der Waals surface area contributed by atoms with Crippen molar-refractivity contribution in [3.8, 4) is 0 Å². The zero-order chi connectivity index (χ0) is 6.69. The molecule has 0 spiro atoms. The number of nitrogens with zero attached hydrogens (tertiary/aromatic N) is 1. The molecule has 0 aliphatic rings. The second kappa shape index (κ2) is 2.67. The lowest BCUT2D eigenvalue weighted by atomic mass is 10.1. The van der Waals surface area contributed by atoms with E-state index >= 15 is 0 Å². The molecule has 1 rings (SSSR count). The van der Waals surface area contributed by atoms with Gasteiger partial charge in [-0.05, 0) is 5.92 Å². The van der Waals surface area contributed by atoms with Crippen LogP contribution in [0.5, 0.6) is 0 Å². The zero-order valence-corrected chi connectivity index (χ0v) is 5.72. The van der Waals surface area contributed by atoms with E-state index in [1.165, 1.54) is 6.26 Å². The van der Waals surface area contributed by atoms with Crippen molar-refractivity contribution in [1.29, 1.82) is 0 Å². The fraction of sp³-hybridized carbons (Fsp3) is 0.571. The summed E-state index contributed by atoms with van der Waals surface area (Å²) in [6.45, 7) is 4.26. The van der Waals surface area contributed by atoms with Crippen LogP contribution in [0.3, 0.4) is 0 Å². The van der Waals surface area contributed by atoms with Gasteiger partial charge in [0.15, 0.2) is 5.89 Å². The smallest absolute Gasteiger partial charge is 0.194 e. The summed E-state index contributed by atoms with van der Waals surface area (Å²) in [7, 11) is 0. The van der Waals surface area contributed by atoms with Crippen LogP contribution < -0.4 is 0 Å². The Bertz CT molecular complexity index is 155. The summed E-state index contributed by atoms with van der Waals surface area (Å²) in [6, 6.07) is 0. The van der Waals surface area contributed by atoms with Crippen LogP contribution in [0.25, 0.3) is 0 Å². The van der Waals surface area contributed by atoms with Crippen LogP contribution in [0, 0.1) is 12.1 Å². The van der Waals surface area contributed by atoms with Crippen molar-refractivity contribution in [2.75, 3.05) is 0 Å². The van der Waals surface area contributed by atoms with Gasteiger partial charge in [0, 0.05) is 6.42 Å². The van der Waals surface area contributed by atoms with Crippen LogP contribution >= 0.6 is 0 Å². The lowest BCUT2D eigenvalue weighted by Crippen LogP contribution is -1.92. The quantitative estimate of drug-likeness (QED) is 0.599. The summed E-state index contributed by atoms with van der Waals surface area (Å²) in [4.78, 5) is 3.86. The Balaban J connectivity index is 2.48. The maximum atomic E-state index is 4.98. The third kappa shape index (κ3) is 1.88. The van der Waals surface area contributed by atoms with Gasteiger partial charge in [-0.15, -0.1) is 0 Å². The highest BCUT2D eigenvalue weighted by molar-refractivity contribution is 4.79. The van der Waals surface area contributed by atoms with Crippen molar-refractivity contribution < 1.29 is 4.42 Å². The van der Waals surface area contributed by atoms with E-state index in [2.05, 4.69) is 25.0 Å². The highest BCUT2D eigenvalue weighted by Crippen LogP contribution is 2.03. The van der Waals surface area contributed by atoms with Gasteiger partial charge in [-0.3, -0.25) is 0 Å². The van der Waals surface area contributed by atoms with E-state index in [0.717, 1.165) is 12.3 Å². The van der Waals surface area contributed by atoms with Crippen molar-refractivity contribution >= 4 is 0 Å². The maximum Gasteiger partial charge on any atom is 0.194 e. The summed E-state index contributed by atoms with van der Waals surface area (Å²) in [6.07, 6.45) is 5.01. The number of oxazole rings is 1. The molecule has 0 aromatic carbocycles. The second-order valence-corrected chi connectivity index (χ2v) is 2.47. The van der Waals surface area contributed by atoms with Gasteiger partial charge >= 0.3 is 0 Å². The molecular weight excluding hydrogens is 114 g/mol. The molecule has 0 saturated heterocycles. The molecule has 0 saturated carbocycles. The Labute approximate surface area is 54.9 Å². The van der Waals surface area contributed by atoms with Crippen molar-refractivity contribution in [3.63, 3.8) is 0 Å². The Morgan fingerprint density at radius 1 is 1.78 bits per heavy atom. The molecule has 0 N–H and O–H groups in total. The molecule has 0 fully saturated rings. The Kier molecular flexibility index (Phi) is 1.88. The van der Waals surface area contributed by atoms with Gasteiger partial charge in [-0.2, -0.15) is 0 Å². The first-order valence-electron chi connectivity index (χ1n) is 3.09. The summed E-state index contributed by atoms with van der Waals surface area (Å²) in [5, 5.41) is 0. The highest BCUT2D eigenvalue weighted by Gasteiger charge is 1.99. The molecule has 0 unspecified atom stereocenters. The predicted octanol–water partition coefficient (Wildman–Crippen LogP) is 1.67. The monoisotopic (exact) mass is 124 g/mol. The van der Waals surface area contributed by atoms with Crippen LogP contribution in [0.4, 0.5) is 0 Å². The average molecular weight is 124 g/mol. The van der Waals surface area contributed by atoms with Gasteiger partial charge in [-0.25, -0.2) is 4.98 Å². The third-order valence-electron chi connectivity index (χ3n) is 1.02. The molecule has 1 radical (unpaired) electrons. The molecule has 2 nitrogen and oxygen atoms in total. The van der Waals surface area contributed by atoms with Gasteiger partial charge in [0.05, 0.1) is 0 Å². The number of aromatic nitrogens is 1. The number of hydrogen-bond acceptors (Lipinski definition) is 2. The minimum absolute atomic E-state index is 0.608. The SMILES string of the molecule is CC(C)Cc1n[c]co1. The van der Waals surface area contributed by atoms with Crippen molar-refractivity contribution in [2.24, 2.45) is 5.92 Å². The Hall–Kier alpha value is -0.790. The molecule has 2 heteroatoms. The van der Waals surface area contributed by atoms with Gasteiger partial charge in [0.1, 0.15) is 12.5 Å². The summed E-state index contributed by atoms with van der Waals surface area (Å²) in [5.41, 5.74) is 0.